The number of nitrogens with two attached hydrogens (primary N) is 1. The number of nitrogens with zero attached hydrogens (tertiary/aromatic N) is 2. The van der Waals surface area contributed by atoms with Gasteiger partial charge in [-0.2, -0.15) is 5.10 Å². The maximum atomic E-state index is 13.2. The van der Waals surface area contributed by atoms with E-state index in [4.69, 9.17) is 15.6 Å². The van der Waals surface area contributed by atoms with E-state index in [1.165, 1.54) is 16.8 Å². The number of carboxylic acids is 1. The Labute approximate surface area is 175 Å². The number of carboxylic acid groups (broad SMARTS) is 1. The van der Waals surface area contributed by atoms with E-state index in [-0.39, 0.29) is 11.7 Å². The van der Waals surface area contributed by atoms with Crippen molar-refractivity contribution in [3.05, 3.63) is 47.8 Å². The van der Waals surface area contributed by atoms with Crippen LogP contribution in [0.5, 0.6) is 11.5 Å². The lowest BCUT2D eigenvalue weighted by Crippen LogP contribution is -2.49. The normalized spacial score (nSPS) is 22.8. The van der Waals surface area contributed by atoms with Crippen molar-refractivity contribution in [2.75, 3.05) is 12.4 Å². The van der Waals surface area contributed by atoms with Gasteiger partial charge >= 0.3 is 5.97 Å². The number of halogens is 2. The van der Waals surface area contributed by atoms with Crippen LogP contribution in [0.25, 0.3) is 0 Å². The number of alkyl halides is 1. The molecule has 1 amide bonds. The van der Waals surface area contributed by atoms with Gasteiger partial charge in [-0.3, -0.25) is 4.79 Å². The fourth-order valence-corrected chi connectivity index (χ4v) is 3.00. The van der Waals surface area contributed by atoms with Crippen molar-refractivity contribution in [2.24, 2.45) is 10.8 Å². The van der Waals surface area contributed by atoms with Crippen LogP contribution in [0.1, 0.15) is 12.5 Å². The Morgan fingerprint density at radius 2 is 2.23 bits per heavy atom. The summed E-state index contributed by atoms with van der Waals surface area (Å²) in [5.74, 6) is -1.79. The Kier molecular flexibility index (Phi) is 7.95. The van der Waals surface area contributed by atoms with Crippen molar-refractivity contribution in [1.82, 2.24) is 5.01 Å². The molecule has 0 saturated heterocycles. The zero-order valence-electron chi connectivity index (χ0n) is 16.0. The number of hydrazone groups is 1. The van der Waals surface area contributed by atoms with Crippen LogP contribution >= 0.6 is 11.8 Å². The maximum Gasteiger partial charge on any atom is 0.347 e. The lowest BCUT2D eigenvalue weighted by molar-refractivity contribution is -0.148. The maximum absolute atomic E-state index is 13.2. The summed E-state index contributed by atoms with van der Waals surface area (Å²) >= 11 is 1.38. The molecule has 0 radical (unpaired) electrons. The molecule has 1 aliphatic carbocycles. The van der Waals surface area contributed by atoms with Gasteiger partial charge in [-0.05, 0) is 30.7 Å². The van der Waals surface area contributed by atoms with Crippen molar-refractivity contribution >= 4 is 29.2 Å². The number of hydrogen-bond donors (Lipinski definition) is 3. The number of thioether (sulfide) groups is 1. The fraction of sp³-hybridized carbons (Fsp3) is 0.316. The van der Waals surface area contributed by atoms with Crippen molar-refractivity contribution in [1.29, 1.82) is 0 Å². The highest BCUT2D eigenvalue weighted by atomic mass is 32.2. The van der Waals surface area contributed by atoms with Crippen molar-refractivity contribution in [3.8, 4) is 11.5 Å². The first-order chi connectivity index (χ1) is 14.2. The molecule has 2 atom stereocenters. The van der Waals surface area contributed by atoms with E-state index in [9.17, 15) is 23.5 Å². The second-order valence-corrected chi connectivity index (χ2v) is 7.04. The molecule has 0 spiro atoms. The van der Waals surface area contributed by atoms with Crippen LogP contribution in [0.4, 0.5) is 8.78 Å². The molecule has 30 heavy (non-hydrogen) atoms. The number of ether oxygens (including phenoxy) is 1. The highest BCUT2D eigenvalue weighted by molar-refractivity contribution is 8.12. The van der Waals surface area contributed by atoms with E-state index in [0.717, 1.165) is 17.7 Å². The van der Waals surface area contributed by atoms with Gasteiger partial charge in [0.2, 0.25) is 5.67 Å². The summed E-state index contributed by atoms with van der Waals surface area (Å²) in [6.45, 7) is 2.71. The van der Waals surface area contributed by atoms with Crippen LogP contribution in [-0.2, 0) is 16.1 Å². The van der Waals surface area contributed by atoms with E-state index in [1.807, 2.05) is 6.92 Å². The van der Waals surface area contributed by atoms with Crippen LogP contribution in [0.3, 0.4) is 0 Å². The SMILES string of the molecule is CCOc1cc(CN2N=CSCC2=O)ccc1O.NC1C=CC(F)=CC1(F)C(=O)O. The Hall–Kier alpha value is -2.92. The van der Waals surface area contributed by atoms with Crippen LogP contribution in [0, 0.1) is 0 Å². The smallest absolute Gasteiger partial charge is 0.347 e. The summed E-state index contributed by atoms with van der Waals surface area (Å²) in [6.07, 6.45) is 2.27. The first kappa shape index (κ1) is 23.4. The molecule has 1 aromatic carbocycles. The molecule has 2 unspecified atom stereocenters. The van der Waals surface area contributed by atoms with Gasteiger partial charge in [0.1, 0.15) is 5.83 Å². The van der Waals surface area contributed by atoms with Crippen LogP contribution < -0.4 is 10.5 Å². The molecule has 3 rings (SSSR count). The number of benzene rings is 1. The number of carbonyl (C=O) groups is 2. The summed E-state index contributed by atoms with van der Waals surface area (Å²) in [5.41, 5.74) is 4.83. The lowest BCUT2D eigenvalue weighted by atomic mass is 9.92. The first-order valence-corrected chi connectivity index (χ1v) is 9.85. The number of carbonyl (C=O) groups excluding carboxylic acids is 1. The van der Waals surface area contributed by atoms with Gasteiger partial charge in [0.25, 0.3) is 5.91 Å². The minimum Gasteiger partial charge on any atom is -0.504 e. The Balaban J connectivity index is 0.000000232. The van der Waals surface area contributed by atoms with Gasteiger partial charge in [-0.15, -0.1) is 11.8 Å². The Morgan fingerprint density at radius 3 is 2.83 bits per heavy atom. The van der Waals surface area contributed by atoms with Gasteiger partial charge in [0.15, 0.2) is 11.5 Å². The molecule has 11 heteroatoms. The van der Waals surface area contributed by atoms with Crippen molar-refractivity contribution < 1.29 is 33.3 Å². The zero-order chi connectivity index (χ0) is 22.3. The second-order valence-electron chi connectivity index (χ2n) is 6.21. The van der Waals surface area contributed by atoms with Crippen LogP contribution in [-0.4, -0.2) is 56.7 Å². The number of amides is 1. The molecule has 0 fully saturated rings. The number of rotatable bonds is 5. The fourth-order valence-electron chi connectivity index (χ4n) is 2.45. The Morgan fingerprint density at radius 1 is 1.50 bits per heavy atom. The number of aromatic hydroxyl groups is 1. The predicted octanol–water partition coefficient (Wildman–Crippen LogP) is 2.34. The molecule has 0 aromatic heterocycles. The summed E-state index contributed by atoms with van der Waals surface area (Å²) in [4.78, 5) is 21.9. The number of hydrogen-bond acceptors (Lipinski definition) is 7. The minimum atomic E-state index is -2.82. The summed E-state index contributed by atoms with van der Waals surface area (Å²) in [6, 6.07) is 3.70. The topological polar surface area (TPSA) is 125 Å². The number of phenols is 1. The molecule has 0 bridgehead atoms. The third-order valence-electron chi connectivity index (χ3n) is 4.04. The van der Waals surface area contributed by atoms with Gasteiger partial charge in [0.05, 0.1) is 30.5 Å². The number of phenolic OH excluding ortho intramolecular Hbond substituents is 1. The van der Waals surface area contributed by atoms with E-state index < -0.39 is 23.5 Å². The average molecular weight is 441 g/mol. The molecule has 162 valence electrons. The highest BCUT2D eigenvalue weighted by Gasteiger charge is 2.44. The summed E-state index contributed by atoms with van der Waals surface area (Å²) < 4.78 is 31.0. The monoisotopic (exact) mass is 441 g/mol. The molecule has 8 nitrogen and oxygen atoms in total. The molecule has 2 aliphatic rings. The van der Waals surface area contributed by atoms with Gasteiger partial charge < -0.3 is 20.7 Å². The molecule has 4 N–H and O–H groups in total. The van der Waals surface area contributed by atoms with E-state index in [0.29, 0.717) is 30.7 Å². The summed E-state index contributed by atoms with van der Waals surface area (Å²) in [5, 5.41) is 23.4. The third-order valence-corrected chi connectivity index (χ3v) is 4.69. The van der Waals surface area contributed by atoms with E-state index >= 15 is 0 Å². The third kappa shape index (κ3) is 5.80. The quantitative estimate of drug-likeness (QED) is 0.640. The molecule has 1 aliphatic heterocycles. The lowest BCUT2D eigenvalue weighted by Gasteiger charge is -2.23. The molecule has 0 saturated carbocycles. The Bertz CT molecular complexity index is 893. The first-order valence-electron chi connectivity index (χ1n) is 8.81. The predicted molar refractivity (Wildman–Crippen MR) is 109 cm³/mol. The molecule has 1 aromatic rings. The van der Waals surface area contributed by atoms with Crippen molar-refractivity contribution in [2.45, 2.75) is 25.2 Å². The van der Waals surface area contributed by atoms with Crippen molar-refractivity contribution in [3.63, 3.8) is 0 Å². The minimum absolute atomic E-state index is 0.0199. The summed E-state index contributed by atoms with van der Waals surface area (Å²) in [7, 11) is 0. The molecule has 1 heterocycles. The standard InChI is InChI=1S/C12H14N2O3S.C7H7F2NO2/c1-2-17-11-5-9(3-4-10(11)15)6-14-12(16)7-18-8-13-14;8-4-1-2-5(10)7(9,3-4)6(11)12/h3-5,8,15H,2,6-7H2,1H3;1-3,5H,10H2,(H,11,12). The zero-order valence-corrected chi connectivity index (χ0v) is 16.8. The molecular weight excluding hydrogens is 420 g/mol. The van der Waals surface area contributed by atoms with E-state index in [1.54, 1.807) is 23.7 Å². The van der Waals surface area contributed by atoms with Crippen LogP contribution in [0.2, 0.25) is 0 Å². The van der Waals surface area contributed by atoms with Gasteiger partial charge in [-0.25, -0.2) is 18.6 Å². The van der Waals surface area contributed by atoms with Gasteiger partial charge in [-0.1, -0.05) is 12.1 Å². The second kappa shape index (κ2) is 10.2. The number of aliphatic carboxylic acids is 1. The van der Waals surface area contributed by atoms with E-state index in [2.05, 4.69) is 5.10 Å². The highest BCUT2D eigenvalue weighted by Crippen LogP contribution is 2.28. The largest absolute Gasteiger partial charge is 0.504 e. The molecular formula is C19H21F2N3O5S. The van der Waals surface area contributed by atoms with Gasteiger partial charge in [0, 0.05) is 6.08 Å². The van der Waals surface area contributed by atoms with Crippen LogP contribution in [0.15, 0.2) is 47.4 Å². The number of allylic oxidation sites excluding steroid dienone is 2. The average Bonchev–Trinajstić information content (AvgIpc) is 2.70.